The number of carbonyl (C=O) groups is 3. The number of benzene rings is 4. The predicted octanol–water partition coefficient (Wildman–Crippen LogP) is 4.32. The molecule has 0 aliphatic rings. The first kappa shape index (κ1) is 27.1. The summed E-state index contributed by atoms with van der Waals surface area (Å²) in [6, 6.07) is 32.0. The zero-order valence-corrected chi connectivity index (χ0v) is 21.3. The number of amides is 2. The number of carbonyl (C=O) groups excluding carboxylic acids is 3. The molecule has 4 aromatic rings. The molecule has 0 spiro atoms. The number of rotatable bonds is 11. The van der Waals surface area contributed by atoms with Crippen LogP contribution < -0.4 is 10.6 Å². The zero-order valence-electron chi connectivity index (χ0n) is 21.3. The molecule has 7 nitrogen and oxygen atoms in total. The molecule has 0 bridgehead atoms. The molecule has 0 aliphatic carbocycles. The van der Waals surface area contributed by atoms with Gasteiger partial charge in [-0.15, -0.1) is 0 Å². The van der Waals surface area contributed by atoms with Gasteiger partial charge in [-0.1, -0.05) is 78.9 Å². The fourth-order valence-corrected chi connectivity index (χ4v) is 4.08. The van der Waals surface area contributed by atoms with E-state index in [1.165, 1.54) is 12.1 Å². The number of aromatic hydroxyl groups is 1. The maximum Gasteiger partial charge on any atom is 0.329 e. The normalized spacial score (nSPS) is 12.1. The first-order valence-corrected chi connectivity index (χ1v) is 12.7. The summed E-state index contributed by atoms with van der Waals surface area (Å²) in [5.41, 5.74) is 2.63. The standard InChI is InChI=1S/C32H30N2O5/c35-28-18-16-24(17-19-28)21-29(34-31(37)26-14-8-3-9-15-26)32(38)39-22-27(20-23-10-4-1-5-11-23)33-30(36)25-12-6-2-7-13-25/h1-19,27,29,35H,20-22H2,(H,33,36)(H,34,37). The highest BCUT2D eigenvalue weighted by atomic mass is 16.5. The van der Waals surface area contributed by atoms with Crippen LogP contribution in [0.25, 0.3) is 0 Å². The number of nitrogens with one attached hydrogen (secondary N) is 2. The van der Waals surface area contributed by atoms with E-state index >= 15 is 0 Å². The van der Waals surface area contributed by atoms with Gasteiger partial charge in [-0.3, -0.25) is 9.59 Å². The van der Waals surface area contributed by atoms with Crippen molar-refractivity contribution in [2.45, 2.75) is 24.9 Å². The van der Waals surface area contributed by atoms with Gasteiger partial charge in [0.25, 0.3) is 11.8 Å². The van der Waals surface area contributed by atoms with Crippen LogP contribution in [0.3, 0.4) is 0 Å². The van der Waals surface area contributed by atoms with Crippen molar-refractivity contribution in [3.8, 4) is 5.75 Å². The quantitative estimate of drug-likeness (QED) is 0.255. The second-order valence-electron chi connectivity index (χ2n) is 9.12. The SMILES string of the molecule is O=C(NC(COC(=O)C(Cc1ccc(O)cc1)NC(=O)c1ccccc1)Cc1ccccc1)c1ccccc1. The molecule has 3 N–H and O–H groups in total. The van der Waals surface area contributed by atoms with Crippen LogP contribution >= 0.6 is 0 Å². The molecule has 0 radical (unpaired) electrons. The van der Waals surface area contributed by atoms with Crippen LogP contribution in [0, 0.1) is 0 Å². The Morgan fingerprint density at radius 3 is 1.67 bits per heavy atom. The van der Waals surface area contributed by atoms with Crippen LogP contribution in [0.4, 0.5) is 0 Å². The van der Waals surface area contributed by atoms with E-state index in [1.54, 1.807) is 66.7 Å². The van der Waals surface area contributed by atoms with Crippen LogP contribution in [0.1, 0.15) is 31.8 Å². The Morgan fingerprint density at radius 1 is 0.615 bits per heavy atom. The first-order valence-electron chi connectivity index (χ1n) is 12.7. The van der Waals surface area contributed by atoms with Gasteiger partial charge >= 0.3 is 5.97 Å². The van der Waals surface area contributed by atoms with Crippen LogP contribution in [0.15, 0.2) is 115 Å². The van der Waals surface area contributed by atoms with Gasteiger partial charge in [-0.25, -0.2) is 4.79 Å². The van der Waals surface area contributed by atoms with E-state index in [-0.39, 0.29) is 24.7 Å². The summed E-state index contributed by atoms with van der Waals surface area (Å²) in [7, 11) is 0. The average Bonchev–Trinajstić information content (AvgIpc) is 2.98. The van der Waals surface area contributed by atoms with Crippen LogP contribution in [0.2, 0.25) is 0 Å². The molecule has 0 heterocycles. The maximum atomic E-state index is 13.3. The monoisotopic (exact) mass is 522 g/mol. The number of esters is 1. The average molecular weight is 523 g/mol. The van der Waals surface area contributed by atoms with Crippen molar-refractivity contribution in [3.05, 3.63) is 138 Å². The molecule has 2 amide bonds. The molecular formula is C32H30N2O5. The summed E-state index contributed by atoms with van der Waals surface area (Å²) in [4.78, 5) is 39.0. The molecular weight excluding hydrogens is 492 g/mol. The van der Waals surface area contributed by atoms with Gasteiger partial charge in [0.2, 0.25) is 0 Å². The fourth-order valence-electron chi connectivity index (χ4n) is 4.08. The van der Waals surface area contributed by atoms with Crippen molar-refractivity contribution in [2.24, 2.45) is 0 Å². The second kappa shape index (κ2) is 13.6. The smallest absolute Gasteiger partial charge is 0.329 e. The Morgan fingerprint density at radius 2 is 1.10 bits per heavy atom. The Balaban J connectivity index is 1.48. The highest BCUT2D eigenvalue weighted by Gasteiger charge is 2.25. The number of phenolic OH excluding ortho intramolecular Hbond substituents is 1. The molecule has 0 aromatic heterocycles. The molecule has 39 heavy (non-hydrogen) atoms. The van der Waals surface area contributed by atoms with Crippen molar-refractivity contribution < 1.29 is 24.2 Å². The number of phenols is 1. The summed E-state index contributed by atoms with van der Waals surface area (Å²) in [6.07, 6.45) is 0.614. The molecule has 0 saturated carbocycles. The molecule has 2 atom stereocenters. The Kier molecular flexibility index (Phi) is 9.45. The topological polar surface area (TPSA) is 105 Å². The first-order chi connectivity index (χ1) is 19.0. The Bertz CT molecular complexity index is 1360. The molecule has 7 heteroatoms. The van der Waals surface area contributed by atoms with Crippen molar-refractivity contribution in [1.29, 1.82) is 0 Å². The van der Waals surface area contributed by atoms with E-state index in [0.29, 0.717) is 17.5 Å². The molecule has 0 fully saturated rings. The largest absolute Gasteiger partial charge is 0.508 e. The maximum absolute atomic E-state index is 13.3. The lowest BCUT2D eigenvalue weighted by Crippen LogP contribution is -2.46. The number of hydrogen-bond acceptors (Lipinski definition) is 5. The third kappa shape index (κ3) is 8.30. The van der Waals surface area contributed by atoms with Crippen LogP contribution in [-0.4, -0.2) is 41.6 Å². The lowest BCUT2D eigenvalue weighted by Gasteiger charge is -2.22. The van der Waals surface area contributed by atoms with Gasteiger partial charge in [0, 0.05) is 17.5 Å². The van der Waals surface area contributed by atoms with Crippen molar-refractivity contribution in [3.63, 3.8) is 0 Å². The van der Waals surface area contributed by atoms with E-state index in [0.717, 1.165) is 11.1 Å². The molecule has 198 valence electrons. The molecule has 2 unspecified atom stereocenters. The fraction of sp³-hybridized carbons (Fsp3) is 0.156. The minimum atomic E-state index is -0.982. The Hall–Kier alpha value is -4.91. The number of hydrogen-bond donors (Lipinski definition) is 3. The zero-order chi connectivity index (χ0) is 27.5. The molecule has 4 aromatic carbocycles. The molecule has 4 rings (SSSR count). The summed E-state index contributed by atoms with van der Waals surface area (Å²) in [5.74, 6) is -1.20. The molecule has 0 saturated heterocycles. The van der Waals surface area contributed by atoms with Crippen molar-refractivity contribution in [2.75, 3.05) is 6.61 Å². The van der Waals surface area contributed by atoms with Crippen LogP contribution in [0.5, 0.6) is 5.75 Å². The van der Waals surface area contributed by atoms with Gasteiger partial charge in [0.15, 0.2) is 0 Å². The van der Waals surface area contributed by atoms with Crippen LogP contribution in [-0.2, 0) is 22.4 Å². The minimum absolute atomic E-state index is 0.0837. The third-order valence-corrected chi connectivity index (χ3v) is 6.12. The van der Waals surface area contributed by atoms with E-state index in [4.69, 9.17) is 4.74 Å². The Labute approximate surface area is 227 Å². The minimum Gasteiger partial charge on any atom is -0.508 e. The second-order valence-corrected chi connectivity index (χ2v) is 9.12. The van der Waals surface area contributed by atoms with E-state index in [2.05, 4.69) is 10.6 Å². The van der Waals surface area contributed by atoms with E-state index in [9.17, 15) is 19.5 Å². The lowest BCUT2D eigenvalue weighted by atomic mass is 10.0. The highest BCUT2D eigenvalue weighted by molar-refractivity contribution is 5.97. The summed E-state index contributed by atoms with van der Waals surface area (Å²) in [5, 5.41) is 15.4. The third-order valence-electron chi connectivity index (χ3n) is 6.12. The summed E-state index contributed by atoms with van der Waals surface area (Å²) in [6.45, 7) is -0.0837. The van der Waals surface area contributed by atoms with E-state index in [1.807, 2.05) is 36.4 Å². The predicted molar refractivity (Wildman–Crippen MR) is 148 cm³/mol. The van der Waals surface area contributed by atoms with Gasteiger partial charge in [-0.2, -0.15) is 0 Å². The van der Waals surface area contributed by atoms with Gasteiger partial charge < -0.3 is 20.5 Å². The highest BCUT2D eigenvalue weighted by Crippen LogP contribution is 2.13. The summed E-state index contributed by atoms with van der Waals surface area (Å²) < 4.78 is 5.69. The lowest BCUT2D eigenvalue weighted by molar-refractivity contribution is -0.146. The number of ether oxygens (including phenoxy) is 1. The molecule has 0 aliphatic heterocycles. The van der Waals surface area contributed by atoms with Gasteiger partial charge in [-0.05, 0) is 53.9 Å². The van der Waals surface area contributed by atoms with Gasteiger partial charge in [0.05, 0.1) is 6.04 Å². The summed E-state index contributed by atoms with van der Waals surface area (Å²) >= 11 is 0. The van der Waals surface area contributed by atoms with E-state index < -0.39 is 24.0 Å². The van der Waals surface area contributed by atoms with Crippen molar-refractivity contribution >= 4 is 17.8 Å². The van der Waals surface area contributed by atoms with Gasteiger partial charge in [0.1, 0.15) is 18.4 Å². The van der Waals surface area contributed by atoms with Crippen molar-refractivity contribution in [1.82, 2.24) is 10.6 Å².